The lowest BCUT2D eigenvalue weighted by Gasteiger charge is -2.18. The Morgan fingerprint density at radius 3 is 2.50 bits per heavy atom. The number of phenols is 1. The molecule has 0 unspecified atom stereocenters. The highest BCUT2D eigenvalue weighted by atomic mass is 19.1. The lowest BCUT2D eigenvalue weighted by molar-refractivity contribution is 0.342. The van der Waals surface area contributed by atoms with Crippen LogP contribution in [0.3, 0.4) is 0 Å². The van der Waals surface area contributed by atoms with E-state index in [0.717, 1.165) is 0 Å². The Morgan fingerprint density at radius 2 is 1.94 bits per heavy atom. The van der Waals surface area contributed by atoms with Crippen LogP contribution in [0.25, 0.3) is 11.0 Å². The van der Waals surface area contributed by atoms with Crippen LogP contribution in [0.2, 0.25) is 0 Å². The van der Waals surface area contributed by atoms with Crippen molar-refractivity contribution in [3.8, 4) is 5.75 Å². The molecule has 0 aliphatic rings. The third kappa shape index (κ3) is 1.89. The van der Waals surface area contributed by atoms with Crippen LogP contribution < -0.4 is 5.69 Å². The molecule has 1 N–H and O–H groups in total. The third-order valence-electron chi connectivity index (χ3n) is 2.85. The Labute approximate surface area is 104 Å². The van der Waals surface area contributed by atoms with Crippen LogP contribution in [0.15, 0.2) is 16.9 Å². The Hall–Kier alpha value is -1.78. The number of hydrogen-bond donors (Lipinski definition) is 1. The third-order valence-corrected chi connectivity index (χ3v) is 2.85. The van der Waals surface area contributed by atoms with Gasteiger partial charge >= 0.3 is 5.69 Å². The van der Waals surface area contributed by atoms with E-state index in [1.807, 2.05) is 20.8 Å². The molecule has 0 atom stereocenters. The number of benzene rings is 1. The normalized spacial score (nSPS) is 12.3. The molecule has 0 aliphatic carbocycles. The number of nitrogens with zero attached hydrogens (tertiary/aromatic N) is 2. The molecule has 5 heteroatoms. The van der Waals surface area contributed by atoms with Gasteiger partial charge in [0.05, 0.1) is 5.52 Å². The first kappa shape index (κ1) is 12.7. The molecular formula is C13H17FN2O2. The zero-order valence-electron chi connectivity index (χ0n) is 11.0. The summed E-state index contributed by atoms with van der Waals surface area (Å²) < 4.78 is 16.6. The molecule has 1 heterocycles. The fourth-order valence-electron chi connectivity index (χ4n) is 2.09. The minimum Gasteiger partial charge on any atom is -0.505 e. The minimum atomic E-state index is -0.750. The maximum atomic E-state index is 13.9. The monoisotopic (exact) mass is 252 g/mol. The number of hydrogen-bond acceptors (Lipinski definition) is 2. The maximum absolute atomic E-state index is 13.9. The van der Waals surface area contributed by atoms with Gasteiger partial charge in [-0.1, -0.05) is 20.8 Å². The topological polar surface area (TPSA) is 47.2 Å². The predicted octanol–water partition coefficient (Wildman–Crippen LogP) is 2.23. The van der Waals surface area contributed by atoms with E-state index in [2.05, 4.69) is 0 Å². The first-order valence-corrected chi connectivity index (χ1v) is 5.79. The molecular weight excluding hydrogens is 235 g/mol. The summed E-state index contributed by atoms with van der Waals surface area (Å²) in [7, 11) is 1.51. The van der Waals surface area contributed by atoms with E-state index >= 15 is 0 Å². The van der Waals surface area contributed by atoms with E-state index < -0.39 is 11.6 Å². The maximum Gasteiger partial charge on any atom is 0.328 e. The number of rotatable bonds is 1. The van der Waals surface area contributed by atoms with Crippen molar-refractivity contribution in [3.63, 3.8) is 0 Å². The molecule has 0 aliphatic heterocycles. The average molecular weight is 252 g/mol. The molecule has 0 amide bonds. The van der Waals surface area contributed by atoms with Gasteiger partial charge in [-0.15, -0.1) is 0 Å². The highest BCUT2D eigenvalue weighted by Crippen LogP contribution is 2.26. The van der Waals surface area contributed by atoms with E-state index in [4.69, 9.17) is 0 Å². The Balaban J connectivity index is 2.80. The largest absolute Gasteiger partial charge is 0.505 e. The van der Waals surface area contributed by atoms with Crippen molar-refractivity contribution in [2.45, 2.75) is 27.3 Å². The van der Waals surface area contributed by atoms with Crippen LogP contribution in [0.4, 0.5) is 4.39 Å². The molecule has 18 heavy (non-hydrogen) atoms. The Bertz CT molecular complexity index is 662. The Kier molecular flexibility index (Phi) is 2.72. The van der Waals surface area contributed by atoms with Crippen LogP contribution in [-0.4, -0.2) is 14.2 Å². The number of phenolic OH excluding ortho intramolecular Hbond substituents is 1. The van der Waals surface area contributed by atoms with Crippen LogP contribution >= 0.6 is 0 Å². The molecule has 0 bridgehead atoms. The van der Waals surface area contributed by atoms with E-state index in [0.29, 0.717) is 12.1 Å². The van der Waals surface area contributed by atoms with E-state index in [1.54, 1.807) is 6.07 Å². The molecule has 0 fully saturated rings. The van der Waals surface area contributed by atoms with Gasteiger partial charge in [0.15, 0.2) is 11.6 Å². The molecule has 2 rings (SSSR count). The van der Waals surface area contributed by atoms with E-state index in [1.165, 1.54) is 22.2 Å². The van der Waals surface area contributed by atoms with Gasteiger partial charge in [-0.25, -0.2) is 9.18 Å². The van der Waals surface area contributed by atoms with Gasteiger partial charge in [0, 0.05) is 13.6 Å². The molecule has 4 nitrogen and oxygen atoms in total. The van der Waals surface area contributed by atoms with Gasteiger partial charge in [-0.2, -0.15) is 0 Å². The second-order valence-electron chi connectivity index (χ2n) is 5.75. The van der Waals surface area contributed by atoms with E-state index in [9.17, 15) is 14.3 Å². The highest BCUT2D eigenvalue weighted by Gasteiger charge is 2.20. The first-order chi connectivity index (χ1) is 8.22. The van der Waals surface area contributed by atoms with Crippen molar-refractivity contribution < 1.29 is 9.50 Å². The summed E-state index contributed by atoms with van der Waals surface area (Å²) in [5.41, 5.74) is 0.285. The fraction of sp³-hybridized carbons (Fsp3) is 0.462. The van der Waals surface area contributed by atoms with Gasteiger partial charge in [-0.05, 0) is 17.5 Å². The molecule has 1 aromatic heterocycles. The summed E-state index contributed by atoms with van der Waals surface area (Å²) in [5.74, 6) is -1.19. The van der Waals surface area contributed by atoms with Crippen molar-refractivity contribution in [1.82, 2.24) is 9.13 Å². The number of halogens is 1. The van der Waals surface area contributed by atoms with Crippen molar-refractivity contribution >= 4 is 11.0 Å². The molecule has 0 radical (unpaired) electrons. The zero-order valence-corrected chi connectivity index (χ0v) is 11.0. The van der Waals surface area contributed by atoms with Crippen molar-refractivity contribution in [3.05, 3.63) is 28.4 Å². The number of aryl methyl sites for hydroxylation is 1. The predicted molar refractivity (Wildman–Crippen MR) is 68.3 cm³/mol. The first-order valence-electron chi connectivity index (χ1n) is 5.79. The van der Waals surface area contributed by atoms with Crippen LogP contribution in [0.5, 0.6) is 5.75 Å². The molecule has 0 saturated carbocycles. The summed E-state index contributed by atoms with van der Waals surface area (Å²) in [5, 5.41) is 9.37. The minimum absolute atomic E-state index is 0.0908. The summed E-state index contributed by atoms with van der Waals surface area (Å²) in [6.45, 7) is 6.52. The Morgan fingerprint density at radius 1 is 1.33 bits per heavy atom. The quantitative estimate of drug-likeness (QED) is 0.846. The molecule has 1 aromatic carbocycles. The van der Waals surface area contributed by atoms with Gasteiger partial charge < -0.3 is 5.11 Å². The van der Waals surface area contributed by atoms with Crippen molar-refractivity contribution in [1.29, 1.82) is 0 Å². The van der Waals surface area contributed by atoms with E-state index in [-0.39, 0.29) is 16.6 Å². The van der Waals surface area contributed by atoms with Crippen LogP contribution in [-0.2, 0) is 13.6 Å². The second-order valence-corrected chi connectivity index (χ2v) is 5.75. The lowest BCUT2D eigenvalue weighted by Crippen LogP contribution is -2.27. The molecule has 2 aromatic rings. The summed E-state index contributed by atoms with van der Waals surface area (Å²) in [6.07, 6.45) is 0. The number of aromatic nitrogens is 2. The number of imidazole rings is 1. The zero-order chi connectivity index (χ0) is 13.7. The second kappa shape index (κ2) is 3.86. The standard InChI is InChI=1S/C13H17FN2O2/c1-13(2,3)7-16-8-5-6-9(17)10(14)11(8)15(4)12(16)18/h5-6,17H,7H2,1-4H3. The van der Waals surface area contributed by atoms with Gasteiger partial charge in [0.25, 0.3) is 0 Å². The summed E-state index contributed by atoms with van der Waals surface area (Å²) in [6, 6.07) is 2.84. The summed E-state index contributed by atoms with van der Waals surface area (Å²) in [4.78, 5) is 12.1. The van der Waals surface area contributed by atoms with Crippen molar-refractivity contribution in [2.75, 3.05) is 0 Å². The molecule has 0 spiro atoms. The average Bonchev–Trinajstić information content (AvgIpc) is 2.47. The van der Waals surface area contributed by atoms with Crippen LogP contribution in [0, 0.1) is 11.2 Å². The van der Waals surface area contributed by atoms with Crippen molar-refractivity contribution in [2.24, 2.45) is 12.5 Å². The van der Waals surface area contributed by atoms with Gasteiger partial charge in [-0.3, -0.25) is 9.13 Å². The summed E-state index contributed by atoms with van der Waals surface area (Å²) >= 11 is 0. The molecule has 0 saturated heterocycles. The SMILES string of the molecule is Cn1c(=O)n(CC(C)(C)C)c2ccc(O)c(F)c21. The lowest BCUT2D eigenvalue weighted by atomic mass is 9.97. The number of fused-ring (bicyclic) bond motifs is 1. The fourth-order valence-corrected chi connectivity index (χ4v) is 2.09. The van der Waals surface area contributed by atoms with Gasteiger partial charge in [0.1, 0.15) is 5.52 Å². The smallest absolute Gasteiger partial charge is 0.328 e. The van der Waals surface area contributed by atoms with Gasteiger partial charge in [0.2, 0.25) is 0 Å². The van der Waals surface area contributed by atoms with Crippen LogP contribution in [0.1, 0.15) is 20.8 Å². The highest BCUT2D eigenvalue weighted by molar-refractivity contribution is 5.78. The molecule has 98 valence electrons. The number of aromatic hydroxyl groups is 1.